The molecule has 0 radical (unpaired) electrons. The van der Waals surface area contributed by atoms with E-state index in [-0.39, 0.29) is 24.4 Å². The Bertz CT molecular complexity index is 512. The molecule has 1 aromatic rings. The van der Waals surface area contributed by atoms with Gasteiger partial charge in [-0.3, -0.25) is 4.79 Å². The molecule has 1 heterocycles. The highest BCUT2D eigenvalue weighted by Gasteiger charge is 2.23. The van der Waals surface area contributed by atoms with E-state index in [1.165, 1.54) is 6.07 Å². The predicted octanol–water partition coefficient (Wildman–Crippen LogP) is 3.07. The fourth-order valence-corrected chi connectivity index (χ4v) is 1.73. The molecule has 0 bridgehead atoms. The quantitative estimate of drug-likeness (QED) is 0.617. The number of fused-ring (bicyclic) bond motifs is 1. The molecule has 1 aliphatic heterocycles. The van der Waals surface area contributed by atoms with Crippen molar-refractivity contribution in [1.29, 1.82) is 0 Å². The van der Waals surface area contributed by atoms with Crippen molar-refractivity contribution in [2.24, 2.45) is 11.1 Å². The number of benzene rings is 1. The first-order chi connectivity index (χ1) is 9.02. The average molecular weight is 265 g/mol. The highest BCUT2D eigenvalue weighted by atomic mass is 16.7. The summed E-state index contributed by atoms with van der Waals surface area (Å²) in [5.41, 5.74) is 0.696. The molecule has 19 heavy (non-hydrogen) atoms. The Labute approximate surface area is 110 Å². The summed E-state index contributed by atoms with van der Waals surface area (Å²) in [6.45, 7) is 5.28. The van der Waals surface area contributed by atoms with E-state index in [1.54, 1.807) is 26.8 Å². The van der Waals surface area contributed by atoms with Crippen LogP contribution in [0.1, 0.15) is 32.4 Å². The van der Waals surface area contributed by atoms with Gasteiger partial charge in [-0.05, 0) is 18.2 Å². The lowest BCUT2D eigenvalue weighted by Gasteiger charge is -2.16. The Hall–Kier alpha value is -2.11. The minimum absolute atomic E-state index is 0.108. The zero-order chi connectivity index (χ0) is 14.0. The number of hydrogen-bond donors (Lipinski definition) is 0. The molecule has 6 heteroatoms. The van der Waals surface area contributed by atoms with Crippen molar-refractivity contribution in [2.75, 3.05) is 6.79 Å². The third kappa shape index (κ3) is 2.67. The number of hydrogen-bond acceptors (Lipinski definition) is 6. The number of ether oxygens (including phenoxy) is 3. The molecule has 1 atom stereocenters. The summed E-state index contributed by atoms with van der Waals surface area (Å²) in [5.74, 6) is 0.432. The molecular formula is C13H15NO5. The smallest absolute Gasteiger partial charge is 0.308 e. The molecule has 0 aliphatic carbocycles. The van der Waals surface area contributed by atoms with Crippen LogP contribution < -0.4 is 9.47 Å². The Morgan fingerprint density at radius 1 is 1.26 bits per heavy atom. The van der Waals surface area contributed by atoms with Crippen LogP contribution in [0.5, 0.6) is 11.5 Å². The zero-order valence-electron chi connectivity index (χ0n) is 11.0. The molecule has 0 saturated carbocycles. The van der Waals surface area contributed by atoms with Crippen molar-refractivity contribution in [1.82, 2.24) is 0 Å². The Morgan fingerprint density at radius 2 is 1.89 bits per heavy atom. The summed E-state index contributed by atoms with van der Waals surface area (Å²) in [6.07, 6.45) is -0.572. The topological polar surface area (TPSA) is 74.2 Å². The first-order valence-electron chi connectivity index (χ1n) is 6.00. The highest BCUT2D eigenvalue weighted by molar-refractivity contribution is 5.72. The molecular weight excluding hydrogens is 250 g/mol. The lowest BCUT2D eigenvalue weighted by molar-refractivity contribution is -0.152. The molecule has 2 rings (SSSR count). The van der Waals surface area contributed by atoms with Gasteiger partial charge in [0.2, 0.25) is 6.79 Å². The third-order valence-corrected chi connectivity index (χ3v) is 2.82. The molecule has 1 aliphatic rings. The lowest BCUT2D eigenvalue weighted by atomic mass is 10.1. The Kier molecular flexibility index (Phi) is 3.69. The number of rotatable bonds is 4. The maximum absolute atomic E-state index is 11.6. The van der Waals surface area contributed by atoms with Crippen LogP contribution in [-0.2, 0) is 9.53 Å². The number of nitroso groups, excluding NO2 is 1. The van der Waals surface area contributed by atoms with Crippen LogP contribution in [0.3, 0.4) is 0 Å². The van der Waals surface area contributed by atoms with Crippen molar-refractivity contribution < 1.29 is 19.0 Å². The van der Waals surface area contributed by atoms with E-state index in [9.17, 15) is 9.70 Å². The van der Waals surface area contributed by atoms with E-state index >= 15 is 0 Å². The first kappa shape index (κ1) is 13.3. The molecule has 1 aromatic carbocycles. The minimum atomic E-state index is -0.572. The normalized spacial score (nSPS) is 14.3. The van der Waals surface area contributed by atoms with Gasteiger partial charge in [0, 0.05) is 11.6 Å². The molecule has 0 N–H and O–H groups in total. The van der Waals surface area contributed by atoms with Crippen LogP contribution in [0.4, 0.5) is 5.69 Å². The van der Waals surface area contributed by atoms with Crippen LogP contribution in [0.15, 0.2) is 17.3 Å². The fraction of sp³-hybridized carbons (Fsp3) is 0.462. The van der Waals surface area contributed by atoms with Crippen LogP contribution in [0, 0.1) is 10.8 Å². The Morgan fingerprint density at radius 3 is 2.47 bits per heavy atom. The SMILES string of the molecule is CC(C)C(=O)OC(C)c1cc2c(cc1N=O)OCO2. The summed E-state index contributed by atoms with van der Waals surface area (Å²) in [5, 5.41) is 2.94. The number of carbonyl (C=O) groups is 1. The van der Waals surface area contributed by atoms with Gasteiger partial charge in [-0.25, -0.2) is 0 Å². The molecule has 0 amide bonds. The second kappa shape index (κ2) is 5.26. The summed E-state index contributed by atoms with van der Waals surface area (Å²) in [7, 11) is 0. The number of nitrogens with zero attached hydrogens (tertiary/aromatic N) is 1. The molecule has 0 fully saturated rings. The second-order valence-electron chi connectivity index (χ2n) is 4.59. The van der Waals surface area contributed by atoms with E-state index in [1.807, 2.05) is 0 Å². The van der Waals surface area contributed by atoms with E-state index in [0.717, 1.165) is 0 Å². The number of esters is 1. The summed E-state index contributed by atoms with van der Waals surface area (Å²) in [6, 6.07) is 3.11. The standard InChI is InChI=1S/C13H15NO5/c1-7(2)13(15)19-8(3)9-4-11-12(18-6-17-11)5-10(9)14-16/h4-5,7-8H,6H2,1-3H3. The van der Waals surface area contributed by atoms with Crippen molar-refractivity contribution in [3.8, 4) is 11.5 Å². The predicted molar refractivity (Wildman–Crippen MR) is 67.4 cm³/mol. The van der Waals surface area contributed by atoms with E-state index < -0.39 is 6.10 Å². The minimum Gasteiger partial charge on any atom is -0.457 e. The van der Waals surface area contributed by atoms with Gasteiger partial charge in [0.25, 0.3) is 0 Å². The maximum Gasteiger partial charge on any atom is 0.308 e. The van der Waals surface area contributed by atoms with Gasteiger partial charge in [0.05, 0.1) is 5.92 Å². The van der Waals surface area contributed by atoms with Gasteiger partial charge >= 0.3 is 5.97 Å². The monoisotopic (exact) mass is 265 g/mol. The fourth-order valence-electron chi connectivity index (χ4n) is 1.73. The van der Waals surface area contributed by atoms with Crippen molar-refractivity contribution in [3.63, 3.8) is 0 Å². The molecule has 102 valence electrons. The van der Waals surface area contributed by atoms with Gasteiger partial charge in [-0.1, -0.05) is 13.8 Å². The van der Waals surface area contributed by atoms with Crippen LogP contribution >= 0.6 is 0 Å². The molecule has 1 unspecified atom stereocenters. The molecule has 0 aromatic heterocycles. The summed E-state index contributed by atoms with van der Waals surface area (Å²) in [4.78, 5) is 22.4. The van der Waals surface area contributed by atoms with Gasteiger partial charge in [0.15, 0.2) is 11.5 Å². The van der Waals surface area contributed by atoms with Gasteiger partial charge < -0.3 is 14.2 Å². The largest absolute Gasteiger partial charge is 0.457 e. The van der Waals surface area contributed by atoms with Crippen molar-refractivity contribution in [3.05, 3.63) is 22.6 Å². The molecule has 6 nitrogen and oxygen atoms in total. The van der Waals surface area contributed by atoms with Crippen molar-refractivity contribution >= 4 is 11.7 Å². The molecule has 0 spiro atoms. The van der Waals surface area contributed by atoms with Gasteiger partial charge in [-0.15, -0.1) is 4.91 Å². The van der Waals surface area contributed by atoms with E-state index in [4.69, 9.17) is 14.2 Å². The van der Waals surface area contributed by atoms with Crippen LogP contribution in [0.25, 0.3) is 0 Å². The number of carbonyl (C=O) groups excluding carboxylic acids is 1. The summed E-state index contributed by atoms with van der Waals surface area (Å²) >= 11 is 0. The van der Waals surface area contributed by atoms with Crippen LogP contribution in [0.2, 0.25) is 0 Å². The van der Waals surface area contributed by atoms with Gasteiger partial charge in [-0.2, -0.15) is 0 Å². The second-order valence-corrected chi connectivity index (χ2v) is 4.59. The van der Waals surface area contributed by atoms with E-state index in [0.29, 0.717) is 17.1 Å². The van der Waals surface area contributed by atoms with Crippen LogP contribution in [-0.4, -0.2) is 12.8 Å². The lowest BCUT2D eigenvalue weighted by Crippen LogP contribution is -2.14. The first-order valence-corrected chi connectivity index (χ1v) is 6.00. The van der Waals surface area contributed by atoms with E-state index in [2.05, 4.69) is 5.18 Å². The maximum atomic E-state index is 11.6. The van der Waals surface area contributed by atoms with Gasteiger partial charge in [0.1, 0.15) is 11.8 Å². The third-order valence-electron chi connectivity index (χ3n) is 2.82. The average Bonchev–Trinajstić information content (AvgIpc) is 2.83. The summed E-state index contributed by atoms with van der Waals surface area (Å²) < 4.78 is 15.7. The van der Waals surface area contributed by atoms with Crippen molar-refractivity contribution in [2.45, 2.75) is 26.9 Å². The Balaban J connectivity index is 2.28. The zero-order valence-corrected chi connectivity index (χ0v) is 11.0. The molecule has 0 saturated heterocycles. The highest BCUT2D eigenvalue weighted by Crippen LogP contribution is 2.41.